The van der Waals surface area contributed by atoms with Gasteiger partial charge in [-0.05, 0) is 43.9 Å². The van der Waals surface area contributed by atoms with Crippen LogP contribution in [0.15, 0.2) is 18.2 Å². The second-order valence-corrected chi connectivity index (χ2v) is 4.53. The van der Waals surface area contributed by atoms with Gasteiger partial charge in [-0.1, -0.05) is 12.1 Å². The molecule has 3 N–H and O–H groups in total. The first-order chi connectivity index (χ1) is 6.59. The van der Waals surface area contributed by atoms with Gasteiger partial charge in [0.1, 0.15) is 0 Å². The summed E-state index contributed by atoms with van der Waals surface area (Å²) < 4.78 is 0. The highest BCUT2D eigenvalue weighted by Crippen LogP contribution is 2.32. The molecular formula is C12H18N2. The van der Waals surface area contributed by atoms with Crippen LogP contribution >= 0.6 is 0 Å². The van der Waals surface area contributed by atoms with Crippen molar-refractivity contribution in [3.05, 3.63) is 29.3 Å². The molecule has 0 atom stereocenters. The van der Waals surface area contributed by atoms with E-state index in [4.69, 9.17) is 5.73 Å². The van der Waals surface area contributed by atoms with Crippen molar-refractivity contribution in [1.82, 2.24) is 0 Å². The lowest BCUT2D eigenvalue weighted by molar-refractivity contribution is 0.713. The van der Waals surface area contributed by atoms with Crippen LogP contribution in [-0.2, 0) is 0 Å². The van der Waals surface area contributed by atoms with Crippen LogP contribution in [0.2, 0.25) is 0 Å². The van der Waals surface area contributed by atoms with Crippen molar-refractivity contribution in [2.75, 3.05) is 11.9 Å². The molecule has 1 aliphatic carbocycles. The molecule has 1 aromatic carbocycles. The molecular weight excluding hydrogens is 172 g/mol. The first-order valence-corrected chi connectivity index (χ1v) is 5.19. The number of benzene rings is 1. The van der Waals surface area contributed by atoms with E-state index in [0.29, 0.717) is 0 Å². The Labute approximate surface area is 85.5 Å². The minimum absolute atomic E-state index is 0.0795. The highest BCUT2D eigenvalue weighted by molar-refractivity contribution is 5.52. The molecule has 2 rings (SSSR count). The Hall–Kier alpha value is -1.02. The number of nitrogens with two attached hydrogens (primary N) is 1. The second kappa shape index (κ2) is 3.28. The number of rotatable bonds is 3. The van der Waals surface area contributed by atoms with E-state index in [0.717, 1.165) is 19.4 Å². The van der Waals surface area contributed by atoms with Crippen LogP contribution in [-0.4, -0.2) is 12.1 Å². The molecule has 2 heteroatoms. The van der Waals surface area contributed by atoms with Gasteiger partial charge < -0.3 is 11.1 Å². The van der Waals surface area contributed by atoms with Gasteiger partial charge in [0, 0.05) is 17.8 Å². The lowest BCUT2D eigenvalue weighted by Crippen LogP contribution is -2.31. The fourth-order valence-electron chi connectivity index (χ4n) is 1.53. The summed E-state index contributed by atoms with van der Waals surface area (Å²) >= 11 is 0. The predicted octanol–water partition coefficient (Wildman–Crippen LogP) is 2.21. The zero-order valence-electron chi connectivity index (χ0n) is 8.93. The molecule has 0 radical (unpaired) electrons. The maximum atomic E-state index is 6.02. The summed E-state index contributed by atoms with van der Waals surface area (Å²) in [7, 11) is 0. The molecule has 0 aliphatic heterocycles. The molecule has 1 saturated carbocycles. The Morgan fingerprint density at radius 2 is 2.07 bits per heavy atom. The number of hydrogen-bond donors (Lipinski definition) is 2. The van der Waals surface area contributed by atoms with Crippen molar-refractivity contribution in [2.24, 2.45) is 5.73 Å². The van der Waals surface area contributed by atoms with Crippen LogP contribution in [0.1, 0.15) is 24.0 Å². The topological polar surface area (TPSA) is 38.0 Å². The summed E-state index contributed by atoms with van der Waals surface area (Å²) in [4.78, 5) is 0. The van der Waals surface area contributed by atoms with E-state index in [9.17, 15) is 0 Å². The van der Waals surface area contributed by atoms with E-state index in [1.54, 1.807) is 0 Å². The van der Waals surface area contributed by atoms with Crippen molar-refractivity contribution >= 4 is 5.69 Å². The van der Waals surface area contributed by atoms with E-state index in [1.807, 2.05) is 0 Å². The maximum absolute atomic E-state index is 6.02. The lowest BCUT2D eigenvalue weighted by Gasteiger charge is -2.14. The largest absolute Gasteiger partial charge is 0.383 e. The van der Waals surface area contributed by atoms with Crippen molar-refractivity contribution in [3.63, 3.8) is 0 Å². The van der Waals surface area contributed by atoms with Gasteiger partial charge in [-0.2, -0.15) is 0 Å². The van der Waals surface area contributed by atoms with E-state index < -0.39 is 0 Å². The normalized spacial score (nSPS) is 17.9. The predicted molar refractivity (Wildman–Crippen MR) is 60.6 cm³/mol. The zero-order valence-corrected chi connectivity index (χ0v) is 8.93. The van der Waals surface area contributed by atoms with Gasteiger partial charge in [0.05, 0.1) is 0 Å². The Morgan fingerprint density at radius 3 is 2.71 bits per heavy atom. The standard InChI is InChI=1S/C12H18N2/c1-9-3-4-10(2)11(7-9)14-8-12(13)5-6-12/h3-4,7,14H,5-6,8,13H2,1-2H3. The molecule has 1 aliphatic rings. The van der Waals surface area contributed by atoms with Gasteiger partial charge >= 0.3 is 0 Å². The molecule has 76 valence electrons. The highest BCUT2D eigenvalue weighted by atomic mass is 15.0. The fraction of sp³-hybridized carbons (Fsp3) is 0.500. The van der Waals surface area contributed by atoms with Crippen molar-refractivity contribution in [2.45, 2.75) is 32.2 Å². The summed E-state index contributed by atoms with van der Waals surface area (Å²) in [6.07, 6.45) is 2.32. The molecule has 0 aromatic heterocycles. The number of aryl methyl sites for hydroxylation is 2. The van der Waals surface area contributed by atoms with E-state index in [-0.39, 0.29) is 5.54 Å². The maximum Gasteiger partial charge on any atom is 0.0373 e. The van der Waals surface area contributed by atoms with Crippen LogP contribution in [0, 0.1) is 13.8 Å². The van der Waals surface area contributed by atoms with Crippen molar-refractivity contribution < 1.29 is 0 Å². The monoisotopic (exact) mass is 190 g/mol. The van der Waals surface area contributed by atoms with Crippen LogP contribution in [0.3, 0.4) is 0 Å². The Bertz CT molecular complexity index is 340. The lowest BCUT2D eigenvalue weighted by atomic mass is 10.1. The van der Waals surface area contributed by atoms with Gasteiger partial charge in [0.25, 0.3) is 0 Å². The Kier molecular flexibility index (Phi) is 2.23. The van der Waals surface area contributed by atoms with E-state index in [2.05, 4.69) is 37.4 Å². The average molecular weight is 190 g/mol. The summed E-state index contributed by atoms with van der Waals surface area (Å²) in [5.41, 5.74) is 9.91. The van der Waals surface area contributed by atoms with Crippen LogP contribution < -0.4 is 11.1 Å². The molecule has 0 unspecified atom stereocenters. The Balaban J connectivity index is 2.04. The quantitative estimate of drug-likeness (QED) is 0.767. The van der Waals surface area contributed by atoms with Gasteiger partial charge in [0.2, 0.25) is 0 Å². The van der Waals surface area contributed by atoms with Crippen LogP contribution in [0.25, 0.3) is 0 Å². The zero-order chi connectivity index (χ0) is 10.2. The van der Waals surface area contributed by atoms with Gasteiger partial charge in [-0.3, -0.25) is 0 Å². The third-order valence-corrected chi connectivity index (χ3v) is 2.92. The molecule has 0 bridgehead atoms. The summed E-state index contributed by atoms with van der Waals surface area (Å²) in [6.45, 7) is 5.13. The van der Waals surface area contributed by atoms with Crippen LogP contribution in [0.4, 0.5) is 5.69 Å². The molecule has 14 heavy (non-hydrogen) atoms. The Morgan fingerprint density at radius 1 is 1.36 bits per heavy atom. The molecule has 0 amide bonds. The summed E-state index contributed by atoms with van der Waals surface area (Å²) in [5.74, 6) is 0. The smallest absolute Gasteiger partial charge is 0.0373 e. The number of nitrogens with one attached hydrogen (secondary N) is 1. The van der Waals surface area contributed by atoms with Crippen molar-refractivity contribution in [1.29, 1.82) is 0 Å². The fourth-order valence-corrected chi connectivity index (χ4v) is 1.53. The van der Waals surface area contributed by atoms with Gasteiger partial charge in [-0.15, -0.1) is 0 Å². The van der Waals surface area contributed by atoms with Crippen LogP contribution in [0.5, 0.6) is 0 Å². The summed E-state index contributed by atoms with van der Waals surface area (Å²) in [6, 6.07) is 6.46. The number of hydrogen-bond acceptors (Lipinski definition) is 2. The number of anilines is 1. The SMILES string of the molecule is Cc1ccc(C)c(NCC2(N)CC2)c1. The summed E-state index contributed by atoms with van der Waals surface area (Å²) in [5, 5.41) is 3.43. The molecule has 0 spiro atoms. The minimum Gasteiger partial charge on any atom is -0.383 e. The first kappa shape index (κ1) is 9.53. The third kappa shape index (κ3) is 2.07. The van der Waals surface area contributed by atoms with Gasteiger partial charge in [-0.25, -0.2) is 0 Å². The molecule has 2 nitrogen and oxygen atoms in total. The second-order valence-electron chi connectivity index (χ2n) is 4.53. The van der Waals surface area contributed by atoms with Gasteiger partial charge in [0.15, 0.2) is 0 Å². The van der Waals surface area contributed by atoms with E-state index >= 15 is 0 Å². The highest BCUT2D eigenvalue weighted by Gasteiger charge is 2.37. The molecule has 0 saturated heterocycles. The molecule has 1 fully saturated rings. The first-order valence-electron chi connectivity index (χ1n) is 5.19. The van der Waals surface area contributed by atoms with Crippen molar-refractivity contribution in [3.8, 4) is 0 Å². The molecule has 1 aromatic rings. The van der Waals surface area contributed by atoms with E-state index in [1.165, 1.54) is 16.8 Å². The average Bonchev–Trinajstić information content (AvgIpc) is 2.87. The molecule has 0 heterocycles. The minimum atomic E-state index is 0.0795. The third-order valence-electron chi connectivity index (χ3n) is 2.92.